The van der Waals surface area contributed by atoms with Crippen molar-refractivity contribution < 1.29 is 14.8 Å². The summed E-state index contributed by atoms with van der Waals surface area (Å²) >= 11 is 0. The standard InChI is InChI=1S/C23H21N5O3/c1-23(2,24)20(22(30)28-31)26-21(29)17-10-7-15(8-11-17)5-3-4-6-16-9-12-19-18(13-16)14-25-27-19/h7-14,20,31H,24H2,1-2H3,(H,25,27)(H,26,29)(H,28,30)/t20-/m1/s1. The van der Waals surface area contributed by atoms with Crippen LogP contribution in [0, 0.1) is 23.7 Å². The van der Waals surface area contributed by atoms with Crippen molar-refractivity contribution in [1.82, 2.24) is 21.0 Å². The van der Waals surface area contributed by atoms with Crippen LogP contribution in [-0.2, 0) is 4.79 Å². The summed E-state index contributed by atoms with van der Waals surface area (Å²) in [5, 5.41) is 19.2. The summed E-state index contributed by atoms with van der Waals surface area (Å²) in [6.07, 6.45) is 1.73. The molecule has 0 saturated carbocycles. The zero-order chi connectivity index (χ0) is 22.4. The van der Waals surface area contributed by atoms with Gasteiger partial charge in [-0.2, -0.15) is 5.10 Å². The summed E-state index contributed by atoms with van der Waals surface area (Å²) < 4.78 is 0. The minimum atomic E-state index is -1.11. The Hall–Kier alpha value is -4.11. The summed E-state index contributed by atoms with van der Waals surface area (Å²) in [5.74, 6) is 10.2. The molecule has 3 rings (SSSR count). The normalized spacial score (nSPS) is 11.5. The number of nitrogens with two attached hydrogens (primary N) is 1. The zero-order valence-electron chi connectivity index (χ0n) is 17.0. The molecule has 6 N–H and O–H groups in total. The molecule has 8 heteroatoms. The van der Waals surface area contributed by atoms with Crippen molar-refractivity contribution in [1.29, 1.82) is 0 Å². The number of aromatic nitrogens is 2. The molecule has 2 aromatic carbocycles. The van der Waals surface area contributed by atoms with E-state index < -0.39 is 23.4 Å². The first-order chi connectivity index (χ1) is 14.8. The van der Waals surface area contributed by atoms with E-state index >= 15 is 0 Å². The molecule has 0 fully saturated rings. The number of benzene rings is 2. The number of nitrogens with zero attached hydrogens (tertiary/aromatic N) is 1. The van der Waals surface area contributed by atoms with Crippen molar-refractivity contribution in [2.75, 3.05) is 0 Å². The smallest absolute Gasteiger partial charge is 0.267 e. The Kier molecular flexibility index (Phi) is 6.37. The third-order valence-electron chi connectivity index (χ3n) is 4.46. The second kappa shape index (κ2) is 9.14. The van der Waals surface area contributed by atoms with Gasteiger partial charge in [0.25, 0.3) is 11.8 Å². The highest BCUT2D eigenvalue weighted by Crippen LogP contribution is 2.12. The average Bonchev–Trinajstić information content (AvgIpc) is 3.22. The molecular formula is C23H21N5O3. The minimum Gasteiger partial charge on any atom is -0.338 e. The highest BCUT2D eigenvalue weighted by Gasteiger charge is 2.33. The molecule has 0 aliphatic heterocycles. The number of hydroxylamine groups is 1. The molecule has 156 valence electrons. The van der Waals surface area contributed by atoms with E-state index in [0.717, 1.165) is 16.5 Å². The van der Waals surface area contributed by atoms with Crippen LogP contribution < -0.4 is 16.5 Å². The molecule has 1 atom stereocenters. The molecule has 0 aliphatic carbocycles. The second-order valence-electron chi connectivity index (χ2n) is 7.45. The van der Waals surface area contributed by atoms with Crippen LogP contribution in [0.2, 0.25) is 0 Å². The van der Waals surface area contributed by atoms with Gasteiger partial charge >= 0.3 is 0 Å². The molecule has 0 unspecified atom stereocenters. The third-order valence-corrected chi connectivity index (χ3v) is 4.46. The number of amides is 2. The minimum absolute atomic E-state index is 0.324. The lowest BCUT2D eigenvalue weighted by molar-refractivity contribution is -0.132. The number of hydrogen-bond acceptors (Lipinski definition) is 5. The molecule has 0 bridgehead atoms. The van der Waals surface area contributed by atoms with Crippen molar-refractivity contribution in [3.63, 3.8) is 0 Å². The molecule has 1 aromatic heterocycles. The van der Waals surface area contributed by atoms with Gasteiger partial charge in [0, 0.05) is 27.6 Å². The molecule has 0 aliphatic rings. The van der Waals surface area contributed by atoms with Gasteiger partial charge in [0.05, 0.1) is 11.7 Å². The van der Waals surface area contributed by atoms with Crippen LogP contribution in [0.3, 0.4) is 0 Å². The van der Waals surface area contributed by atoms with Crippen molar-refractivity contribution >= 4 is 22.7 Å². The Morgan fingerprint density at radius 3 is 2.39 bits per heavy atom. The fourth-order valence-electron chi connectivity index (χ4n) is 2.80. The summed E-state index contributed by atoms with van der Waals surface area (Å²) in [4.78, 5) is 24.2. The van der Waals surface area contributed by atoms with E-state index in [0.29, 0.717) is 11.1 Å². The number of carbonyl (C=O) groups excluding carboxylic acids is 2. The van der Waals surface area contributed by atoms with Crippen LogP contribution >= 0.6 is 0 Å². The largest absolute Gasteiger partial charge is 0.338 e. The van der Waals surface area contributed by atoms with Crippen LogP contribution in [0.15, 0.2) is 48.7 Å². The number of carbonyl (C=O) groups is 2. The quantitative estimate of drug-likeness (QED) is 0.249. The topological polar surface area (TPSA) is 133 Å². The second-order valence-corrected chi connectivity index (χ2v) is 7.45. The van der Waals surface area contributed by atoms with Crippen LogP contribution in [-0.4, -0.2) is 38.8 Å². The number of nitrogens with one attached hydrogen (secondary N) is 3. The van der Waals surface area contributed by atoms with E-state index in [1.165, 1.54) is 5.48 Å². The number of fused-ring (bicyclic) bond motifs is 1. The third kappa shape index (κ3) is 5.49. The highest BCUT2D eigenvalue weighted by molar-refractivity contribution is 5.97. The maximum Gasteiger partial charge on any atom is 0.267 e. The van der Waals surface area contributed by atoms with Crippen molar-refractivity contribution in [3.8, 4) is 23.7 Å². The molecule has 0 radical (unpaired) electrons. The number of aromatic amines is 1. The van der Waals surface area contributed by atoms with Gasteiger partial charge in [-0.1, -0.05) is 11.8 Å². The number of H-pyrrole nitrogens is 1. The monoisotopic (exact) mass is 415 g/mol. The van der Waals surface area contributed by atoms with E-state index in [-0.39, 0.29) is 0 Å². The fraction of sp³-hybridized carbons (Fsp3) is 0.174. The lowest BCUT2D eigenvalue weighted by atomic mass is 9.95. The predicted molar refractivity (Wildman–Crippen MR) is 116 cm³/mol. The first-order valence-electron chi connectivity index (χ1n) is 9.37. The summed E-state index contributed by atoms with van der Waals surface area (Å²) in [5.41, 5.74) is 9.14. The number of rotatable bonds is 4. The Morgan fingerprint density at radius 1 is 1.10 bits per heavy atom. The van der Waals surface area contributed by atoms with Crippen LogP contribution in [0.4, 0.5) is 0 Å². The lowest BCUT2D eigenvalue weighted by Gasteiger charge is -2.29. The molecule has 0 spiro atoms. The molecular weight excluding hydrogens is 394 g/mol. The first-order valence-corrected chi connectivity index (χ1v) is 9.37. The predicted octanol–water partition coefficient (Wildman–Crippen LogP) is 1.31. The SMILES string of the molecule is CC(C)(N)[C@H](NC(=O)c1ccc(C#CC#Cc2ccc3[nH]ncc3c2)cc1)C(=O)NO. The van der Waals surface area contributed by atoms with Gasteiger partial charge in [-0.15, -0.1) is 0 Å². The van der Waals surface area contributed by atoms with Gasteiger partial charge in [-0.3, -0.25) is 19.9 Å². The average molecular weight is 415 g/mol. The molecule has 1 heterocycles. The summed E-state index contributed by atoms with van der Waals surface area (Å²) in [6, 6.07) is 11.1. The van der Waals surface area contributed by atoms with Gasteiger partial charge in [0.15, 0.2) is 0 Å². The van der Waals surface area contributed by atoms with Gasteiger partial charge in [0.2, 0.25) is 0 Å². The van der Waals surface area contributed by atoms with Crippen LogP contribution in [0.1, 0.15) is 35.3 Å². The number of hydrogen-bond donors (Lipinski definition) is 5. The van der Waals surface area contributed by atoms with E-state index in [9.17, 15) is 9.59 Å². The van der Waals surface area contributed by atoms with E-state index in [4.69, 9.17) is 10.9 Å². The summed E-state index contributed by atoms with van der Waals surface area (Å²) in [7, 11) is 0. The van der Waals surface area contributed by atoms with E-state index in [2.05, 4.69) is 39.2 Å². The van der Waals surface area contributed by atoms with E-state index in [1.807, 2.05) is 18.2 Å². The van der Waals surface area contributed by atoms with Crippen LogP contribution in [0.25, 0.3) is 10.9 Å². The Labute approximate surface area is 179 Å². The van der Waals surface area contributed by atoms with Crippen LogP contribution in [0.5, 0.6) is 0 Å². The Balaban J connectivity index is 1.67. The Morgan fingerprint density at radius 2 is 1.74 bits per heavy atom. The molecule has 8 nitrogen and oxygen atoms in total. The van der Waals surface area contributed by atoms with Crippen molar-refractivity contribution in [2.45, 2.75) is 25.4 Å². The van der Waals surface area contributed by atoms with Crippen molar-refractivity contribution in [3.05, 3.63) is 65.4 Å². The molecule has 3 aromatic rings. The van der Waals surface area contributed by atoms with Gasteiger partial charge in [0.1, 0.15) is 6.04 Å². The first kappa shape index (κ1) is 21.6. The fourth-order valence-corrected chi connectivity index (χ4v) is 2.80. The lowest BCUT2D eigenvalue weighted by Crippen LogP contribution is -2.61. The van der Waals surface area contributed by atoms with E-state index in [1.54, 1.807) is 44.3 Å². The highest BCUT2D eigenvalue weighted by atomic mass is 16.5. The molecule has 31 heavy (non-hydrogen) atoms. The summed E-state index contributed by atoms with van der Waals surface area (Å²) in [6.45, 7) is 3.14. The van der Waals surface area contributed by atoms with Crippen molar-refractivity contribution in [2.24, 2.45) is 5.73 Å². The van der Waals surface area contributed by atoms with Gasteiger partial charge < -0.3 is 11.1 Å². The Bertz CT molecular complexity index is 1230. The van der Waals surface area contributed by atoms with Gasteiger partial charge in [-0.25, -0.2) is 5.48 Å². The molecule has 0 saturated heterocycles. The molecule has 2 amide bonds. The zero-order valence-corrected chi connectivity index (χ0v) is 17.0. The van der Waals surface area contributed by atoms with Gasteiger partial charge in [-0.05, 0) is 68.2 Å². The maximum atomic E-state index is 12.4. The maximum absolute atomic E-state index is 12.4.